The first-order chi connectivity index (χ1) is 8.99. The number of sulfonamides is 1. The average molecular weight is 303 g/mol. The molecule has 1 aromatic rings. The Kier molecular flexibility index (Phi) is 4.84. The van der Waals surface area contributed by atoms with E-state index >= 15 is 0 Å². The van der Waals surface area contributed by atoms with Gasteiger partial charge in [-0.25, -0.2) is 13.1 Å². The second-order valence-electron chi connectivity index (χ2n) is 4.89. The fourth-order valence-electron chi connectivity index (χ4n) is 1.88. The molecular weight excluding hydrogens is 284 g/mol. The van der Waals surface area contributed by atoms with Gasteiger partial charge in [0.15, 0.2) is 0 Å². The summed E-state index contributed by atoms with van der Waals surface area (Å²) < 4.78 is 26.8. The van der Waals surface area contributed by atoms with E-state index in [2.05, 4.69) is 10.0 Å². The highest BCUT2D eigenvalue weighted by atomic mass is 35.5. The molecule has 2 rings (SSSR count). The molecule has 1 saturated carbocycles. The Bertz CT molecular complexity index is 542. The predicted molar refractivity (Wildman–Crippen MR) is 77.0 cm³/mol. The fraction of sp³-hybridized carbons (Fsp3) is 0.538. The van der Waals surface area contributed by atoms with Gasteiger partial charge in [0.1, 0.15) is 0 Å². The number of aryl methyl sites for hydroxylation is 1. The van der Waals surface area contributed by atoms with E-state index in [1.165, 1.54) is 12.8 Å². The molecule has 0 atom stereocenters. The van der Waals surface area contributed by atoms with Crippen molar-refractivity contribution in [1.29, 1.82) is 0 Å². The molecule has 0 saturated heterocycles. The second kappa shape index (κ2) is 6.22. The average Bonchev–Trinajstić information content (AvgIpc) is 3.11. The lowest BCUT2D eigenvalue weighted by atomic mass is 10.2. The van der Waals surface area contributed by atoms with Crippen molar-refractivity contribution in [3.63, 3.8) is 0 Å². The molecule has 1 aliphatic rings. The van der Waals surface area contributed by atoms with Crippen LogP contribution in [0.15, 0.2) is 23.1 Å². The quantitative estimate of drug-likeness (QED) is 0.758. The largest absolute Gasteiger partial charge is 0.314 e. The van der Waals surface area contributed by atoms with Crippen LogP contribution >= 0.6 is 11.6 Å². The number of rotatable bonds is 7. The molecule has 0 bridgehead atoms. The first kappa shape index (κ1) is 14.8. The van der Waals surface area contributed by atoms with Gasteiger partial charge in [-0.05, 0) is 56.5 Å². The summed E-state index contributed by atoms with van der Waals surface area (Å²) in [5, 5.41) is 3.90. The van der Waals surface area contributed by atoms with Gasteiger partial charge in [0.2, 0.25) is 10.0 Å². The van der Waals surface area contributed by atoms with Crippen LogP contribution in [0.2, 0.25) is 5.02 Å². The molecule has 0 heterocycles. The van der Waals surface area contributed by atoms with Crippen LogP contribution in [0.1, 0.15) is 24.8 Å². The molecule has 0 aromatic heterocycles. The van der Waals surface area contributed by atoms with Crippen LogP contribution in [0, 0.1) is 6.92 Å². The van der Waals surface area contributed by atoms with Crippen LogP contribution in [-0.2, 0) is 10.0 Å². The van der Waals surface area contributed by atoms with E-state index in [1.807, 2.05) is 0 Å². The monoisotopic (exact) mass is 302 g/mol. The van der Waals surface area contributed by atoms with Crippen LogP contribution in [-0.4, -0.2) is 27.5 Å². The Labute approximate surface area is 119 Å². The van der Waals surface area contributed by atoms with Gasteiger partial charge in [-0.3, -0.25) is 0 Å². The molecule has 0 radical (unpaired) electrons. The molecule has 6 heteroatoms. The van der Waals surface area contributed by atoms with Crippen molar-refractivity contribution in [1.82, 2.24) is 10.0 Å². The Morgan fingerprint density at radius 2 is 2.05 bits per heavy atom. The number of benzene rings is 1. The van der Waals surface area contributed by atoms with Crippen LogP contribution < -0.4 is 10.0 Å². The van der Waals surface area contributed by atoms with E-state index in [4.69, 9.17) is 11.6 Å². The summed E-state index contributed by atoms with van der Waals surface area (Å²) in [5.41, 5.74) is 0.663. The van der Waals surface area contributed by atoms with E-state index in [9.17, 15) is 8.42 Å². The van der Waals surface area contributed by atoms with Crippen molar-refractivity contribution in [3.05, 3.63) is 28.8 Å². The fourth-order valence-corrected chi connectivity index (χ4v) is 3.41. The normalized spacial score (nSPS) is 15.7. The number of hydrogen-bond acceptors (Lipinski definition) is 3. The zero-order chi connectivity index (χ0) is 13.9. The molecule has 106 valence electrons. The highest BCUT2D eigenvalue weighted by molar-refractivity contribution is 7.89. The molecule has 1 aliphatic carbocycles. The predicted octanol–water partition coefficient (Wildman–Crippen LogP) is 2.07. The van der Waals surface area contributed by atoms with Gasteiger partial charge < -0.3 is 5.32 Å². The molecule has 19 heavy (non-hydrogen) atoms. The van der Waals surface area contributed by atoms with Crippen molar-refractivity contribution in [3.8, 4) is 0 Å². The Morgan fingerprint density at radius 3 is 2.68 bits per heavy atom. The third kappa shape index (κ3) is 4.45. The minimum absolute atomic E-state index is 0.298. The SMILES string of the molecule is Cc1cc(Cl)ccc1S(=O)(=O)NCCCNC1CC1. The van der Waals surface area contributed by atoms with Crippen molar-refractivity contribution >= 4 is 21.6 Å². The van der Waals surface area contributed by atoms with E-state index in [0.29, 0.717) is 28.1 Å². The van der Waals surface area contributed by atoms with Gasteiger partial charge in [-0.15, -0.1) is 0 Å². The minimum atomic E-state index is -3.43. The zero-order valence-corrected chi connectivity index (χ0v) is 12.5. The van der Waals surface area contributed by atoms with Crippen LogP contribution in [0.3, 0.4) is 0 Å². The number of halogens is 1. The smallest absolute Gasteiger partial charge is 0.240 e. The van der Waals surface area contributed by atoms with E-state index in [-0.39, 0.29) is 0 Å². The summed E-state index contributed by atoms with van der Waals surface area (Å²) in [6, 6.07) is 5.46. The maximum absolute atomic E-state index is 12.1. The molecule has 0 amide bonds. The summed E-state index contributed by atoms with van der Waals surface area (Å²) in [5.74, 6) is 0. The van der Waals surface area contributed by atoms with E-state index < -0.39 is 10.0 Å². The summed E-state index contributed by atoms with van der Waals surface area (Å²) in [7, 11) is -3.43. The first-order valence-electron chi connectivity index (χ1n) is 6.48. The first-order valence-corrected chi connectivity index (χ1v) is 8.34. The molecular formula is C13H19ClN2O2S. The number of hydrogen-bond donors (Lipinski definition) is 2. The summed E-state index contributed by atoms with van der Waals surface area (Å²) >= 11 is 5.82. The van der Waals surface area contributed by atoms with E-state index in [1.54, 1.807) is 25.1 Å². The van der Waals surface area contributed by atoms with Crippen molar-refractivity contribution in [2.45, 2.75) is 37.1 Å². The lowest BCUT2D eigenvalue weighted by Crippen LogP contribution is -2.28. The molecule has 4 nitrogen and oxygen atoms in total. The summed E-state index contributed by atoms with van der Waals surface area (Å²) in [6.07, 6.45) is 3.29. The van der Waals surface area contributed by atoms with Crippen molar-refractivity contribution in [2.24, 2.45) is 0 Å². The molecule has 1 fully saturated rings. The standard InChI is InChI=1S/C13H19ClN2O2S/c1-10-9-11(14)3-6-13(10)19(17,18)16-8-2-7-15-12-4-5-12/h3,6,9,12,15-16H,2,4-5,7-8H2,1H3. The lowest BCUT2D eigenvalue weighted by Gasteiger charge is -2.09. The Hall–Kier alpha value is -0.620. The van der Waals surface area contributed by atoms with E-state index in [0.717, 1.165) is 13.0 Å². The summed E-state index contributed by atoms with van der Waals surface area (Å²) in [6.45, 7) is 3.05. The topological polar surface area (TPSA) is 58.2 Å². The molecule has 0 spiro atoms. The zero-order valence-electron chi connectivity index (χ0n) is 10.9. The molecule has 1 aromatic carbocycles. The van der Waals surface area contributed by atoms with Crippen molar-refractivity contribution in [2.75, 3.05) is 13.1 Å². The lowest BCUT2D eigenvalue weighted by molar-refractivity contribution is 0.573. The van der Waals surface area contributed by atoms with Crippen molar-refractivity contribution < 1.29 is 8.42 Å². The van der Waals surface area contributed by atoms with Crippen LogP contribution in [0.25, 0.3) is 0 Å². The van der Waals surface area contributed by atoms with Gasteiger partial charge in [0.25, 0.3) is 0 Å². The second-order valence-corrected chi connectivity index (χ2v) is 7.06. The van der Waals surface area contributed by atoms with Gasteiger partial charge in [0, 0.05) is 17.6 Å². The number of nitrogens with one attached hydrogen (secondary N) is 2. The van der Waals surface area contributed by atoms with Gasteiger partial charge in [0.05, 0.1) is 4.90 Å². The van der Waals surface area contributed by atoms with Gasteiger partial charge in [-0.1, -0.05) is 11.6 Å². The highest BCUT2D eigenvalue weighted by Gasteiger charge is 2.20. The minimum Gasteiger partial charge on any atom is -0.314 e. The van der Waals surface area contributed by atoms with Gasteiger partial charge >= 0.3 is 0 Å². The third-order valence-corrected chi connectivity index (χ3v) is 4.94. The van der Waals surface area contributed by atoms with Crippen LogP contribution in [0.4, 0.5) is 0 Å². The molecule has 2 N–H and O–H groups in total. The van der Waals surface area contributed by atoms with Gasteiger partial charge in [-0.2, -0.15) is 0 Å². The van der Waals surface area contributed by atoms with Crippen LogP contribution in [0.5, 0.6) is 0 Å². The molecule has 0 unspecified atom stereocenters. The Morgan fingerprint density at radius 1 is 1.32 bits per heavy atom. The maximum Gasteiger partial charge on any atom is 0.240 e. The maximum atomic E-state index is 12.1. The summed E-state index contributed by atoms with van der Waals surface area (Å²) in [4.78, 5) is 0.298. The Balaban J connectivity index is 1.86. The highest BCUT2D eigenvalue weighted by Crippen LogP contribution is 2.19. The molecule has 0 aliphatic heterocycles. The third-order valence-electron chi connectivity index (χ3n) is 3.08.